The lowest BCUT2D eigenvalue weighted by atomic mass is 10.0. The molecular weight excluding hydrogens is 352 g/mol. The molecule has 1 fully saturated rings. The maximum atomic E-state index is 12.1. The molecule has 2 amide bonds. The first kappa shape index (κ1) is 20.6. The zero-order chi connectivity index (χ0) is 19.3. The molecule has 1 aromatic rings. The molecule has 144 valence electrons. The minimum absolute atomic E-state index is 0.0208. The molecule has 1 aromatic carbocycles. The van der Waals surface area contributed by atoms with Crippen molar-refractivity contribution in [1.29, 1.82) is 0 Å². The van der Waals surface area contributed by atoms with E-state index in [0.29, 0.717) is 31.2 Å². The van der Waals surface area contributed by atoms with Crippen molar-refractivity contribution in [2.75, 3.05) is 19.7 Å². The molecule has 1 N–H and O–H groups in total. The molecule has 0 aliphatic carbocycles. The van der Waals surface area contributed by atoms with Gasteiger partial charge in [0.25, 0.3) is 5.91 Å². The van der Waals surface area contributed by atoms with Crippen molar-refractivity contribution in [3.05, 3.63) is 28.3 Å². The number of piperidine rings is 1. The summed E-state index contributed by atoms with van der Waals surface area (Å²) in [5, 5.41) is 3.72. The van der Waals surface area contributed by atoms with Gasteiger partial charge in [-0.15, -0.1) is 0 Å². The summed E-state index contributed by atoms with van der Waals surface area (Å²) in [5.74, 6) is 1.09. The number of nitrogens with one attached hydrogen (secondary N) is 1. The molecule has 0 spiro atoms. The molecule has 0 saturated carbocycles. The molecule has 1 heterocycles. The van der Waals surface area contributed by atoms with E-state index in [4.69, 9.17) is 16.3 Å². The highest BCUT2D eigenvalue weighted by Crippen LogP contribution is 2.25. The number of carbonyl (C=O) groups is 2. The molecule has 1 aliphatic rings. The number of aryl methyl sites for hydroxylation is 2. The Balaban J connectivity index is 1.75. The molecule has 26 heavy (non-hydrogen) atoms. The Hall–Kier alpha value is -1.75. The van der Waals surface area contributed by atoms with E-state index in [0.717, 1.165) is 29.0 Å². The van der Waals surface area contributed by atoms with Gasteiger partial charge >= 0.3 is 0 Å². The number of benzene rings is 1. The molecule has 0 bridgehead atoms. The Morgan fingerprint density at radius 2 is 1.81 bits per heavy atom. The normalized spacial score (nSPS) is 15.2. The van der Waals surface area contributed by atoms with Crippen LogP contribution in [-0.2, 0) is 9.59 Å². The van der Waals surface area contributed by atoms with E-state index in [9.17, 15) is 9.59 Å². The molecule has 1 aliphatic heterocycles. The van der Waals surface area contributed by atoms with E-state index in [2.05, 4.69) is 19.2 Å². The number of likely N-dealkylation sites (tertiary alicyclic amines) is 1. The molecule has 5 nitrogen and oxygen atoms in total. The van der Waals surface area contributed by atoms with Crippen LogP contribution in [0.25, 0.3) is 0 Å². The van der Waals surface area contributed by atoms with Crippen LogP contribution in [0, 0.1) is 19.8 Å². The van der Waals surface area contributed by atoms with Crippen LogP contribution in [0.5, 0.6) is 5.75 Å². The topological polar surface area (TPSA) is 58.6 Å². The SMILES string of the molecule is Cc1cc(OCC(=O)NC2CCN(C(=O)CC(C)C)CC2)cc(C)c1Cl. The van der Waals surface area contributed by atoms with Crippen molar-refractivity contribution in [1.82, 2.24) is 10.2 Å². The fraction of sp³-hybridized carbons (Fsp3) is 0.600. The van der Waals surface area contributed by atoms with Crippen LogP contribution in [-0.4, -0.2) is 42.5 Å². The number of carbonyl (C=O) groups excluding carboxylic acids is 2. The van der Waals surface area contributed by atoms with Gasteiger partial charge in [-0.25, -0.2) is 0 Å². The Bertz CT molecular complexity index is 629. The van der Waals surface area contributed by atoms with Gasteiger partial charge in [-0.05, 0) is 55.9 Å². The van der Waals surface area contributed by atoms with Crippen LogP contribution in [0.4, 0.5) is 0 Å². The molecule has 0 atom stereocenters. The number of halogens is 1. The van der Waals surface area contributed by atoms with E-state index in [-0.39, 0.29) is 24.5 Å². The van der Waals surface area contributed by atoms with Crippen LogP contribution in [0.3, 0.4) is 0 Å². The van der Waals surface area contributed by atoms with Crippen LogP contribution in [0.1, 0.15) is 44.2 Å². The summed E-state index contributed by atoms with van der Waals surface area (Å²) < 4.78 is 5.59. The van der Waals surface area contributed by atoms with Gasteiger partial charge in [0.05, 0.1) is 0 Å². The van der Waals surface area contributed by atoms with E-state index in [1.807, 2.05) is 30.9 Å². The summed E-state index contributed by atoms with van der Waals surface area (Å²) in [6.45, 7) is 9.31. The number of nitrogens with zero attached hydrogens (tertiary/aromatic N) is 1. The van der Waals surface area contributed by atoms with Crippen LogP contribution >= 0.6 is 11.6 Å². The predicted octanol–water partition coefficient (Wildman–Crippen LogP) is 3.49. The molecule has 2 rings (SSSR count). The van der Waals surface area contributed by atoms with E-state index >= 15 is 0 Å². The summed E-state index contributed by atoms with van der Waals surface area (Å²) in [4.78, 5) is 26.1. The second kappa shape index (κ2) is 9.26. The fourth-order valence-electron chi connectivity index (χ4n) is 3.16. The number of hydrogen-bond donors (Lipinski definition) is 1. The van der Waals surface area contributed by atoms with Gasteiger partial charge in [-0.2, -0.15) is 0 Å². The fourth-order valence-corrected chi connectivity index (χ4v) is 3.27. The maximum absolute atomic E-state index is 12.1. The summed E-state index contributed by atoms with van der Waals surface area (Å²) in [7, 11) is 0. The van der Waals surface area contributed by atoms with Gasteiger partial charge in [-0.3, -0.25) is 9.59 Å². The Labute approximate surface area is 161 Å². The molecule has 0 aromatic heterocycles. The van der Waals surface area contributed by atoms with Crippen molar-refractivity contribution in [3.8, 4) is 5.75 Å². The maximum Gasteiger partial charge on any atom is 0.258 e. The van der Waals surface area contributed by atoms with Crippen LogP contribution in [0.15, 0.2) is 12.1 Å². The van der Waals surface area contributed by atoms with Gasteiger partial charge in [0.15, 0.2) is 6.61 Å². The summed E-state index contributed by atoms with van der Waals surface area (Å²) in [6, 6.07) is 3.77. The third-order valence-electron chi connectivity index (χ3n) is 4.58. The van der Waals surface area contributed by atoms with E-state index in [1.54, 1.807) is 0 Å². The molecule has 1 saturated heterocycles. The summed E-state index contributed by atoms with van der Waals surface area (Å²) in [5.41, 5.74) is 1.86. The van der Waals surface area contributed by atoms with E-state index in [1.165, 1.54) is 0 Å². The Morgan fingerprint density at radius 1 is 1.23 bits per heavy atom. The summed E-state index contributed by atoms with van der Waals surface area (Å²) >= 11 is 6.14. The minimum Gasteiger partial charge on any atom is -0.484 e. The zero-order valence-electron chi connectivity index (χ0n) is 16.1. The first-order chi connectivity index (χ1) is 12.3. The van der Waals surface area contributed by atoms with Gasteiger partial charge in [-0.1, -0.05) is 25.4 Å². The standard InChI is InChI=1S/C20H29ClN2O3/c1-13(2)9-19(25)23-7-5-16(6-8-23)22-18(24)12-26-17-10-14(3)20(21)15(4)11-17/h10-11,13,16H,5-9,12H2,1-4H3,(H,22,24). The monoisotopic (exact) mass is 380 g/mol. The first-order valence-corrected chi connectivity index (χ1v) is 9.60. The number of ether oxygens (including phenoxy) is 1. The molecule has 6 heteroatoms. The molecule has 0 radical (unpaired) electrons. The minimum atomic E-state index is -0.137. The van der Waals surface area contributed by atoms with Crippen molar-refractivity contribution in [2.24, 2.45) is 5.92 Å². The zero-order valence-corrected chi connectivity index (χ0v) is 16.9. The number of hydrogen-bond acceptors (Lipinski definition) is 3. The summed E-state index contributed by atoms with van der Waals surface area (Å²) in [6.07, 6.45) is 2.16. The molecule has 0 unspecified atom stereocenters. The predicted molar refractivity (Wildman–Crippen MR) is 104 cm³/mol. The Morgan fingerprint density at radius 3 is 2.35 bits per heavy atom. The second-order valence-corrected chi connectivity index (χ2v) is 7.86. The number of rotatable bonds is 6. The highest BCUT2D eigenvalue weighted by molar-refractivity contribution is 6.32. The van der Waals surface area contributed by atoms with E-state index < -0.39 is 0 Å². The van der Waals surface area contributed by atoms with Gasteiger partial charge in [0.1, 0.15) is 5.75 Å². The highest BCUT2D eigenvalue weighted by atomic mass is 35.5. The lowest BCUT2D eigenvalue weighted by molar-refractivity contribution is -0.133. The lowest BCUT2D eigenvalue weighted by Gasteiger charge is -2.32. The smallest absolute Gasteiger partial charge is 0.258 e. The average molecular weight is 381 g/mol. The van der Waals surface area contributed by atoms with Crippen LogP contribution in [0.2, 0.25) is 5.02 Å². The lowest BCUT2D eigenvalue weighted by Crippen LogP contribution is -2.47. The van der Waals surface area contributed by atoms with Crippen molar-refractivity contribution < 1.29 is 14.3 Å². The van der Waals surface area contributed by atoms with Crippen molar-refractivity contribution >= 4 is 23.4 Å². The largest absolute Gasteiger partial charge is 0.484 e. The van der Waals surface area contributed by atoms with Crippen LogP contribution < -0.4 is 10.1 Å². The van der Waals surface area contributed by atoms with Gasteiger partial charge < -0.3 is 15.0 Å². The quantitative estimate of drug-likeness (QED) is 0.821. The third kappa shape index (κ3) is 5.90. The number of amides is 2. The third-order valence-corrected chi connectivity index (χ3v) is 5.17. The van der Waals surface area contributed by atoms with Gasteiger partial charge in [0, 0.05) is 30.6 Å². The van der Waals surface area contributed by atoms with Crippen molar-refractivity contribution in [2.45, 2.75) is 53.0 Å². The first-order valence-electron chi connectivity index (χ1n) is 9.23. The van der Waals surface area contributed by atoms with Crippen molar-refractivity contribution in [3.63, 3.8) is 0 Å². The Kier molecular flexibility index (Phi) is 7.33. The highest BCUT2D eigenvalue weighted by Gasteiger charge is 2.24. The molecular formula is C20H29ClN2O3. The van der Waals surface area contributed by atoms with Gasteiger partial charge in [0.2, 0.25) is 5.91 Å². The second-order valence-electron chi connectivity index (χ2n) is 7.48. The average Bonchev–Trinajstić information content (AvgIpc) is 2.57.